The smallest absolute Gasteiger partial charge is 0.223 e. The van der Waals surface area contributed by atoms with Gasteiger partial charge in [-0.05, 0) is 49.0 Å². The van der Waals surface area contributed by atoms with Gasteiger partial charge in [-0.2, -0.15) is 0 Å². The van der Waals surface area contributed by atoms with Gasteiger partial charge in [-0.15, -0.1) is 0 Å². The number of allylic oxidation sites excluding steroid dienone is 5. The summed E-state index contributed by atoms with van der Waals surface area (Å²) in [4.78, 5) is 14.7. The van der Waals surface area contributed by atoms with Crippen LogP contribution in [0, 0.1) is 16.7 Å². The van der Waals surface area contributed by atoms with Crippen LogP contribution in [0.4, 0.5) is 5.69 Å². The first-order valence-corrected chi connectivity index (χ1v) is 10.5. The van der Waals surface area contributed by atoms with Crippen molar-refractivity contribution in [3.05, 3.63) is 72.5 Å². The molecule has 0 saturated carbocycles. The van der Waals surface area contributed by atoms with Crippen LogP contribution < -0.4 is 11.1 Å². The molecular formula is C25H33N5O. The van der Waals surface area contributed by atoms with E-state index < -0.39 is 0 Å². The Labute approximate surface area is 185 Å². The van der Waals surface area contributed by atoms with E-state index in [4.69, 9.17) is 16.6 Å². The zero-order valence-electron chi connectivity index (χ0n) is 18.2. The number of anilines is 1. The molecule has 0 radical (unpaired) electrons. The zero-order chi connectivity index (χ0) is 22.8. The van der Waals surface area contributed by atoms with E-state index in [1.807, 2.05) is 29.2 Å². The average Bonchev–Trinajstić information content (AvgIpc) is 3.16. The predicted molar refractivity (Wildman–Crippen MR) is 131 cm³/mol. The Balaban J connectivity index is 1.96. The lowest BCUT2D eigenvalue weighted by molar-refractivity contribution is -0.131. The van der Waals surface area contributed by atoms with Crippen molar-refractivity contribution in [3.63, 3.8) is 0 Å². The molecule has 1 aliphatic rings. The lowest BCUT2D eigenvalue weighted by atomic mass is 10.0. The van der Waals surface area contributed by atoms with Crippen molar-refractivity contribution >= 4 is 29.6 Å². The van der Waals surface area contributed by atoms with Crippen molar-refractivity contribution in [2.45, 2.75) is 32.2 Å². The zero-order valence-corrected chi connectivity index (χ0v) is 18.2. The van der Waals surface area contributed by atoms with Gasteiger partial charge in [0.1, 0.15) is 0 Å². The van der Waals surface area contributed by atoms with Crippen molar-refractivity contribution in [1.82, 2.24) is 4.90 Å². The second-order valence-corrected chi connectivity index (χ2v) is 7.77. The summed E-state index contributed by atoms with van der Waals surface area (Å²) >= 11 is 0. The minimum Gasteiger partial charge on any atom is -0.404 e. The summed E-state index contributed by atoms with van der Waals surface area (Å²) in [6, 6.07) is 5.86. The first-order chi connectivity index (χ1) is 15.0. The first-order valence-electron chi connectivity index (χ1n) is 10.5. The highest BCUT2D eigenvalue weighted by molar-refractivity contribution is 6.08. The minimum atomic E-state index is 0.170. The molecule has 31 heavy (non-hydrogen) atoms. The molecule has 1 saturated heterocycles. The van der Waals surface area contributed by atoms with E-state index in [1.54, 1.807) is 12.2 Å². The van der Waals surface area contributed by atoms with Crippen LogP contribution in [0.2, 0.25) is 0 Å². The highest BCUT2D eigenvalue weighted by Crippen LogP contribution is 2.26. The van der Waals surface area contributed by atoms with Gasteiger partial charge in [-0.1, -0.05) is 37.5 Å². The maximum Gasteiger partial charge on any atom is 0.223 e. The molecule has 1 heterocycles. The molecule has 5 N–H and O–H groups in total. The lowest BCUT2D eigenvalue weighted by Gasteiger charge is -2.21. The number of rotatable bonds is 11. The number of carbonyl (C=O) groups is 1. The molecule has 1 amide bonds. The van der Waals surface area contributed by atoms with Crippen LogP contribution >= 0.6 is 0 Å². The SMILES string of the molecule is C=C/C=C(\C=C)CCC(=O)N1CC(CNc2ccc(/C(C=N)=C/N)cc2C=N)CC1C. The number of likely N-dealkylation sites (tertiary alicyclic amines) is 1. The van der Waals surface area contributed by atoms with Crippen LogP contribution in [0.5, 0.6) is 0 Å². The molecule has 0 bridgehead atoms. The molecule has 6 nitrogen and oxygen atoms in total. The molecule has 6 heteroatoms. The summed E-state index contributed by atoms with van der Waals surface area (Å²) in [5.74, 6) is 0.518. The second kappa shape index (κ2) is 11.7. The van der Waals surface area contributed by atoms with Gasteiger partial charge in [0, 0.05) is 61.0 Å². The van der Waals surface area contributed by atoms with E-state index in [2.05, 4.69) is 25.4 Å². The molecule has 1 aromatic carbocycles. The maximum absolute atomic E-state index is 12.7. The molecular weight excluding hydrogens is 386 g/mol. The van der Waals surface area contributed by atoms with E-state index in [-0.39, 0.29) is 11.9 Å². The predicted octanol–water partition coefficient (Wildman–Crippen LogP) is 4.36. The quantitative estimate of drug-likeness (QED) is 0.316. The summed E-state index contributed by atoms with van der Waals surface area (Å²) in [6.45, 7) is 11.0. The van der Waals surface area contributed by atoms with Gasteiger partial charge in [0.05, 0.1) is 0 Å². The van der Waals surface area contributed by atoms with Gasteiger partial charge in [0.25, 0.3) is 0 Å². The largest absolute Gasteiger partial charge is 0.404 e. The van der Waals surface area contributed by atoms with Crippen LogP contribution in [0.15, 0.2) is 61.4 Å². The normalized spacial score (nSPS) is 19.1. The monoisotopic (exact) mass is 419 g/mol. The van der Waals surface area contributed by atoms with E-state index in [9.17, 15) is 4.79 Å². The van der Waals surface area contributed by atoms with Gasteiger partial charge < -0.3 is 26.8 Å². The fraction of sp³-hybridized carbons (Fsp3) is 0.320. The Morgan fingerprint density at radius 3 is 2.71 bits per heavy atom. The van der Waals surface area contributed by atoms with Crippen LogP contribution in [0.25, 0.3) is 5.57 Å². The molecule has 2 atom stereocenters. The third-order valence-corrected chi connectivity index (χ3v) is 5.66. The number of amides is 1. The highest BCUT2D eigenvalue weighted by Gasteiger charge is 2.31. The number of carbonyl (C=O) groups excluding carboxylic acids is 1. The van der Waals surface area contributed by atoms with Crippen LogP contribution in [0.3, 0.4) is 0 Å². The molecule has 0 aromatic heterocycles. The van der Waals surface area contributed by atoms with Gasteiger partial charge in [-0.25, -0.2) is 0 Å². The number of hydrogen-bond acceptors (Lipinski definition) is 5. The Morgan fingerprint density at radius 1 is 1.32 bits per heavy atom. The Kier molecular flexibility index (Phi) is 9.00. The first kappa shape index (κ1) is 23.9. The standard InChI is InChI=1S/C25H33N5O/c1-4-6-19(5-2)7-10-25(31)30-17-20(11-18(30)3)16-29-24-9-8-21(12-22(24)13-26)23(14-27)15-28/h4-6,8-9,12-15,18,20,26-27,29H,1-2,7,10-11,16-17,28H2,3H3/b19-6+,23-15+,26-13?,27-14?. The Bertz CT molecular complexity index is 899. The third-order valence-electron chi connectivity index (χ3n) is 5.66. The summed E-state index contributed by atoms with van der Waals surface area (Å²) in [5.41, 5.74) is 9.60. The molecule has 164 valence electrons. The van der Waals surface area contributed by atoms with Crippen molar-refractivity contribution in [3.8, 4) is 0 Å². The van der Waals surface area contributed by atoms with Gasteiger partial charge in [-0.3, -0.25) is 4.79 Å². The Morgan fingerprint density at radius 2 is 2.10 bits per heavy atom. The van der Waals surface area contributed by atoms with Crippen molar-refractivity contribution in [1.29, 1.82) is 10.8 Å². The molecule has 2 rings (SSSR count). The van der Waals surface area contributed by atoms with E-state index in [1.165, 1.54) is 18.6 Å². The van der Waals surface area contributed by atoms with E-state index in [0.29, 0.717) is 24.3 Å². The van der Waals surface area contributed by atoms with Crippen molar-refractivity contribution in [2.75, 3.05) is 18.4 Å². The van der Waals surface area contributed by atoms with Gasteiger partial charge >= 0.3 is 0 Å². The third kappa shape index (κ3) is 6.28. The Hall–Kier alpha value is -3.41. The minimum absolute atomic E-state index is 0.170. The van der Waals surface area contributed by atoms with E-state index >= 15 is 0 Å². The number of benzene rings is 1. The number of nitrogens with two attached hydrogens (primary N) is 1. The van der Waals surface area contributed by atoms with Gasteiger partial charge in [0.2, 0.25) is 5.91 Å². The topological polar surface area (TPSA) is 106 Å². The molecule has 1 aromatic rings. The van der Waals surface area contributed by atoms with Crippen molar-refractivity contribution < 1.29 is 4.79 Å². The molecule has 2 unspecified atom stereocenters. The van der Waals surface area contributed by atoms with E-state index in [0.717, 1.165) is 41.9 Å². The molecule has 1 aliphatic heterocycles. The number of nitrogens with zero attached hydrogens (tertiary/aromatic N) is 1. The lowest BCUT2D eigenvalue weighted by Crippen LogP contribution is -2.34. The summed E-state index contributed by atoms with van der Waals surface area (Å²) in [7, 11) is 0. The highest BCUT2D eigenvalue weighted by atomic mass is 16.2. The van der Waals surface area contributed by atoms with Crippen LogP contribution in [-0.2, 0) is 4.79 Å². The molecule has 0 aliphatic carbocycles. The number of hydrogen-bond donors (Lipinski definition) is 4. The van der Waals surface area contributed by atoms with Crippen LogP contribution in [0.1, 0.15) is 37.3 Å². The molecule has 1 fully saturated rings. The summed E-state index contributed by atoms with van der Waals surface area (Å²) < 4.78 is 0. The molecule has 0 spiro atoms. The fourth-order valence-corrected chi connectivity index (χ4v) is 3.94. The average molecular weight is 420 g/mol. The fourth-order valence-electron chi connectivity index (χ4n) is 3.94. The van der Waals surface area contributed by atoms with Crippen molar-refractivity contribution in [2.24, 2.45) is 11.7 Å². The maximum atomic E-state index is 12.7. The summed E-state index contributed by atoms with van der Waals surface area (Å²) in [6.07, 6.45) is 11.4. The number of nitrogens with one attached hydrogen (secondary N) is 3. The van der Waals surface area contributed by atoms with Crippen LogP contribution in [-0.4, -0.2) is 42.4 Å². The van der Waals surface area contributed by atoms with Gasteiger partial charge in [0.15, 0.2) is 0 Å². The second-order valence-electron chi connectivity index (χ2n) is 7.77. The summed E-state index contributed by atoms with van der Waals surface area (Å²) in [5, 5.41) is 18.6.